The third-order valence-corrected chi connectivity index (χ3v) is 1.63. The van der Waals surface area contributed by atoms with E-state index >= 15 is 0 Å². The molecular weight excluding hydrogens is 248 g/mol. The summed E-state index contributed by atoms with van der Waals surface area (Å²) in [6.07, 6.45) is 5.74. The number of halogens is 1. The fourth-order valence-corrected chi connectivity index (χ4v) is 1.06. The Hall–Kier alpha value is -1.57. The normalized spacial score (nSPS) is 10.4. The van der Waals surface area contributed by atoms with Crippen LogP contribution in [0, 0.1) is 10.2 Å². The summed E-state index contributed by atoms with van der Waals surface area (Å²) < 4.78 is 35.9. The number of rotatable bonds is 1. The molecular formula is C10H9ClN2O4. The van der Waals surface area contributed by atoms with Gasteiger partial charge in [-0.05, 0) is 23.2 Å². The Morgan fingerprint density at radius 1 is 0.882 bits per heavy atom. The average Bonchev–Trinajstić information content (AvgIpc) is 2.29. The van der Waals surface area contributed by atoms with Gasteiger partial charge in [0.1, 0.15) is 6.20 Å². The molecule has 6 nitrogen and oxygen atoms in total. The van der Waals surface area contributed by atoms with Crippen molar-refractivity contribution in [2.45, 2.75) is 0 Å². The van der Waals surface area contributed by atoms with E-state index in [1.807, 2.05) is 53.4 Å². The maximum atomic E-state index is 8.49. The number of nitrogens with zero attached hydrogens (tertiary/aromatic N) is 2. The molecule has 0 aromatic carbocycles. The molecule has 0 aliphatic rings. The second kappa shape index (κ2) is 6.24. The van der Waals surface area contributed by atoms with Crippen LogP contribution in [-0.2, 0) is 0 Å². The molecule has 7 heteroatoms. The highest BCUT2D eigenvalue weighted by molar-refractivity contribution is 5.09. The minimum Gasteiger partial charge on any atom is -0.222 e. The van der Waals surface area contributed by atoms with Crippen molar-refractivity contribution in [3.8, 4) is 5.82 Å². The van der Waals surface area contributed by atoms with Gasteiger partial charge in [0.25, 0.3) is 0 Å². The number of hydrogen-bond donors (Lipinski definition) is 0. The molecule has 0 aliphatic heterocycles. The summed E-state index contributed by atoms with van der Waals surface area (Å²) in [5, 5.41) is 0. The zero-order valence-electron chi connectivity index (χ0n) is 8.60. The Bertz CT molecular complexity index is 390. The first-order chi connectivity index (χ1) is 7.97. The standard InChI is InChI=1S/C10H9N2.ClHO4/c1-4-8-12(9-5-1)10-6-2-3-7-11-10;2-1(3,4)5/h1-9H;(H,2,3,4,5)/q+1;/p-1. The van der Waals surface area contributed by atoms with Crippen molar-refractivity contribution < 1.29 is 33.4 Å². The zero-order valence-corrected chi connectivity index (χ0v) is 9.36. The number of hydrogen-bond acceptors (Lipinski definition) is 5. The molecule has 0 saturated heterocycles. The summed E-state index contributed by atoms with van der Waals surface area (Å²) in [6, 6.07) is 11.8. The predicted molar refractivity (Wildman–Crippen MR) is 45.8 cm³/mol. The van der Waals surface area contributed by atoms with E-state index in [1.165, 1.54) is 0 Å². The first kappa shape index (κ1) is 13.5. The van der Waals surface area contributed by atoms with Crippen molar-refractivity contribution >= 4 is 0 Å². The smallest absolute Gasteiger partial charge is 0.222 e. The first-order valence-electron chi connectivity index (χ1n) is 4.46. The van der Waals surface area contributed by atoms with Gasteiger partial charge in [-0.2, -0.15) is 0 Å². The lowest BCUT2D eigenvalue weighted by Gasteiger charge is -2.17. The molecule has 0 aliphatic carbocycles. The molecule has 0 fully saturated rings. The molecule has 90 valence electrons. The van der Waals surface area contributed by atoms with Crippen LogP contribution < -0.4 is 23.2 Å². The molecule has 0 N–H and O–H groups in total. The summed E-state index contributed by atoms with van der Waals surface area (Å²) in [7, 11) is -4.94. The quantitative estimate of drug-likeness (QED) is 0.494. The molecule has 2 heterocycles. The number of pyridine rings is 2. The highest BCUT2D eigenvalue weighted by Crippen LogP contribution is 1.91. The third kappa shape index (κ3) is 6.56. The maximum absolute atomic E-state index is 8.49. The second-order valence-corrected chi connectivity index (χ2v) is 3.60. The minimum absolute atomic E-state index is 0.943. The summed E-state index contributed by atoms with van der Waals surface area (Å²) in [6.45, 7) is 0. The summed E-state index contributed by atoms with van der Waals surface area (Å²) >= 11 is 0. The van der Waals surface area contributed by atoms with Gasteiger partial charge in [-0.15, -0.1) is 10.2 Å². The van der Waals surface area contributed by atoms with Crippen molar-refractivity contribution in [3.05, 3.63) is 55.0 Å². The van der Waals surface area contributed by atoms with Crippen molar-refractivity contribution in [2.75, 3.05) is 0 Å². The minimum atomic E-state index is -4.94. The van der Waals surface area contributed by atoms with Crippen LogP contribution in [0.15, 0.2) is 55.0 Å². The van der Waals surface area contributed by atoms with E-state index in [0.717, 1.165) is 5.82 Å². The van der Waals surface area contributed by atoms with Gasteiger partial charge in [-0.25, -0.2) is 23.2 Å². The Morgan fingerprint density at radius 2 is 1.47 bits per heavy atom. The van der Waals surface area contributed by atoms with Gasteiger partial charge in [-0.3, -0.25) is 0 Å². The highest BCUT2D eigenvalue weighted by Gasteiger charge is 2.01. The van der Waals surface area contributed by atoms with E-state index in [0.29, 0.717) is 0 Å². The van der Waals surface area contributed by atoms with E-state index in [9.17, 15) is 0 Å². The van der Waals surface area contributed by atoms with E-state index in [-0.39, 0.29) is 0 Å². The van der Waals surface area contributed by atoms with E-state index in [2.05, 4.69) is 4.98 Å². The largest absolute Gasteiger partial charge is 0.327 e. The van der Waals surface area contributed by atoms with Crippen LogP contribution in [0.1, 0.15) is 0 Å². The fourth-order valence-electron chi connectivity index (χ4n) is 1.06. The van der Waals surface area contributed by atoms with Crippen LogP contribution >= 0.6 is 0 Å². The van der Waals surface area contributed by atoms with E-state index < -0.39 is 10.2 Å². The van der Waals surface area contributed by atoms with Gasteiger partial charge in [0.05, 0.1) is 12.4 Å². The van der Waals surface area contributed by atoms with Crippen molar-refractivity contribution in [2.24, 2.45) is 0 Å². The van der Waals surface area contributed by atoms with Gasteiger partial charge in [0.15, 0.2) is 0 Å². The molecule has 2 aromatic rings. The fraction of sp³-hybridized carbons (Fsp3) is 0. The average molecular weight is 257 g/mol. The van der Waals surface area contributed by atoms with E-state index in [4.69, 9.17) is 18.6 Å². The Kier molecular flexibility index (Phi) is 4.95. The molecule has 2 rings (SSSR count). The lowest BCUT2D eigenvalue weighted by Crippen LogP contribution is -2.68. The van der Waals surface area contributed by atoms with Crippen LogP contribution in [0.25, 0.3) is 5.82 Å². The van der Waals surface area contributed by atoms with Crippen LogP contribution in [0.2, 0.25) is 0 Å². The lowest BCUT2D eigenvalue weighted by molar-refractivity contribution is -2.00. The Labute approximate surface area is 99.8 Å². The SMILES string of the molecule is [O-][Cl+3]([O-])([O-])[O-].c1cc[n+](-c2ccccn2)cc1. The van der Waals surface area contributed by atoms with Crippen molar-refractivity contribution in [3.63, 3.8) is 0 Å². The maximum Gasteiger partial charge on any atom is 0.327 e. The van der Waals surface area contributed by atoms with Gasteiger partial charge in [0, 0.05) is 6.07 Å². The van der Waals surface area contributed by atoms with Gasteiger partial charge in [0.2, 0.25) is 0 Å². The molecule has 17 heavy (non-hydrogen) atoms. The summed E-state index contributed by atoms with van der Waals surface area (Å²) in [5.74, 6) is 0.943. The topological polar surface area (TPSA) is 109 Å². The molecule has 0 saturated carbocycles. The first-order valence-corrected chi connectivity index (χ1v) is 5.70. The zero-order chi connectivity index (χ0) is 12.7. The second-order valence-electron chi connectivity index (χ2n) is 2.85. The summed E-state index contributed by atoms with van der Waals surface area (Å²) in [4.78, 5) is 4.21. The number of aromatic nitrogens is 2. The van der Waals surface area contributed by atoms with Crippen LogP contribution in [-0.4, -0.2) is 4.98 Å². The van der Waals surface area contributed by atoms with Gasteiger partial charge in [-0.1, -0.05) is 12.1 Å². The monoisotopic (exact) mass is 256 g/mol. The van der Waals surface area contributed by atoms with Crippen LogP contribution in [0.4, 0.5) is 0 Å². The van der Waals surface area contributed by atoms with Crippen molar-refractivity contribution in [1.82, 2.24) is 4.98 Å². The molecule has 0 radical (unpaired) electrons. The van der Waals surface area contributed by atoms with Crippen molar-refractivity contribution in [1.29, 1.82) is 0 Å². The third-order valence-electron chi connectivity index (χ3n) is 1.63. The molecule has 0 spiro atoms. The van der Waals surface area contributed by atoms with Crippen LogP contribution in [0.5, 0.6) is 0 Å². The van der Waals surface area contributed by atoms with Crippen LogP contribution in [0.3, 0.4) is 0 Å². The molecule has 0 bridgehead atoms. The summed E-state index contributed by atoms with van der Waals surface area (Å²) in [5.41, 5.74) is 0. The predicted octanol–water partition coefficient (Wildman–Crippen LogP) is -3.40. The molecule has 2 aromatic heterocycles. The highest BCUT2D eigenvalue weighted by atomic mass is 35.7. The van der Waals surface area contributed by atoms with E-state index in [1.54, 1.807) is 6.20 Å². The lowest BCUT2D eigenvalue weighted by atomic mass is 10.4. The van der Waals surface area contributed by atoms with Gasteiger partial charge < -0.3 is 0 Å². The van der Waals surface area contributed by atoms with Gasteiger partial charge >= 0.3 is 5.82 Å². The Balaban J connectivity index is 0.000000249. The molecule has 0 unspecified atom stereocenters. The Morgan fingerprint density at radius 3 is 1.94 bits per heavy atom. The molecule has 0 amide bonds. The molecule has 0 atom stereocenters.